The van der Waals surface area contributed by atoms with Gasteiger partial charge in [0.1, 0.15) is 5.27 Å². The number of aromatic nitrogens is 2. The van der Waals surface area contributed by atoms with Crippen LogP contribution in [0.1, 0.15) is 44.4 Å². The summed E-state index contributed by atoms with van der Waals surface area (Å²) in [5.41, 5.74) is 1.69. The van der Waals surface area contributed by atoms with E-state index in [2.05, 4.69) is 24.1 Å². The van der Waals surface area contributed by atoms with E-state index in [1.165, 1.54) is 6.42 Å². The van der Waals surface area contributed by atoms with Gasteiger partial charge in [-0.25, -0.2) is 0 Å². The van der Waals surface area contributed by atoms with Crippen molar-refractivity contribution in [3.05, 3.63) is 41.6 Å². The zero-order chi connectivity index (χ0) is 14.8. The standard InChI is InChI=1S/C16H21N3O2/c1-12-7-6-8-13(2)18(12)19-15(16(20)21-17-19)11-14-9-4-3-5-10-14/h3-5,9-10,12-13H,6-8,11H2,1-2H3. The Hall–Kier alpha value is -2.04. The molecule has 1 aromatic carbocycles. The zero-order valence-electron chi connectivity index (χ0n) is 12.5. The van der Waals surface area contributed by atoms with Crippen LogP contribution >= 0.6 is 0 Å². The van der Waals surface area contributed by atoms with Crippen LogP contribution in [0.25, 0.3) is 0 Å². The summed E-state index contributed by atoms with van der Waals surface area (Å²) >= 11 is 0. The van der Waals surface area contributed by atoms with Gasteiger partial charge < -0.3 is 9.63 Å². The van der Waals surface area contributed by atoms with Crippen molar-refractivity contribution in [1.29, 1.82) is 0 Å². The van der Waals surface area contributed by atoms with Crippen molar-refractivity contribution in [1.82, 2.24) is 5.27 Å². The third-order valence-electron chi connectivity index (χ3n) is 4.26. The van der Waals surface area contributed by atoms with E-state index in [0.717, 1.165) is 18.4 Å². The third-order valence-corrected chi connectivity index (χ3v) is 4.26. The lowest BCUT2D eigenvalue weighted by molar-refractivity contribution is -0.771. The SMILES string of the molecule is CC1CCCC(C)N1[n+]1noc([O-])c1Cc1ccccc1. The average molecular weight is 287 g/mol. The maximum absolute atomic E-state index is 12.0. The minimum atomic E-state index is -0.344. The molecule has 2 aromatic rings. The van der Waals surface area contributed by atoms with Gasteiger partial charge in [0.05, 0.1) is 18.5 Å². The van der Waals surface area contributed by atoms with Crippen LogP contribution in [-0.4, -0.2) is 17.4 Å². The van der Waals surface area contributed by atoms with Crippen LogP contribution in [0.5, 0.6) is 5.95 Å². The molecule has 0 N–H and O–H groups in total. The largest absolute Gasteiger partial charge is 0.539 e. The van der Waals surface area contributed by atoms with Crippen LogP contribution in [0.3, 0.4) is 0 Å². The molecule has 1 aromatic heterocycles. The Labute approximate surface area is 124 Å². The van der Waals surface area contributed by atoms with E-state index in [4.69, 9.17) is 4.52 Å². The van der Waals surface area contributed by atoms with E-state index < -0.39 is 0 Å². The molecular weight excluding hydrogens is 266 g/mol. The van der Waals surface area contributed by atoms with Crippen LogP contribution in [-0.2, 0) is 6.42 Å². The smallest absolute Gasteiger partial charge is 0.271 e. The topological polar surface area (TPSA) is 56.2 Å². The fourth-order valence-electron chi connectivity index (χ4n) is 3.15. The third kappa shape index (κ3) is 2.73. The minimum absolute atomic E-state index is 0.344. The van der Waals surface area contributed by atoms with Crippen molar-refractivity contribution in [2.75, 3.05) is 5.01 Å². The Bertz CT molecular complexity index is 587. The zero-order valence-corrected chi connectivity index (χ0v) is 12.5. The predicted molar refractivity (Wildman–Crippen MR) is 76.4 cm³/mol. The van der Waals surface area contributed by atoms with Crippen molar-refractivity contribution in [2.24, 2.45) is 0 Å². The molecule has 0 bridgehead atoms. The fraction of sp³-hybridized carbons (Fsp3) is 0.500. The van der Waals surface area contributed by atoms with E-state index in [-0.39, 0.29) is 5.95 Å². The molecule has 5 heteroatoms. The van der Waals surface area contributed by atoms with Gasteiger partial charge in [-0.05, 0) is 38.7 Å². The molecule has 112 valence electrons. The van der Waals surface area contributed by atoms with Gasteiger partial charge >= 0.3 is 0 Å². The summed E-state index contributed by atoms with van der Waals surface area (Å²) in [6.07, 6.45) is 3.99. The highest BCUT2D eigenvalue weighted by molar-refractivity contribution is 5.22. The van der Waals surface area contributed by atoms with Gasteiger partial charge in [-0.3, -0.25) is 0 Å². The first-order chi connectivity index (χ1) is 10.2. The Morgan fingerprint density at radius 1 is 1.24 bits per heavy atom. The molecule has 2 atom stereocenters. The van der Waals surface area contributed by atoms with Crippen LogP contribution < -0.4 is 14.9 Å². The normalized spacial score (nSPS) is 22.5. The molecule has 0 aliphatic carbocycles. The molecule has 0 spiro atoms. The number of rotatable bonds is 3. The predicted octanol–water partition coefficient (Wildman–Crippen LogP) is 1.53. The Morgan fingerprint density at radius 2 is 1.90 bits per heavy atom. The van der Waals surface area contributed by atoms with Gasteiger partial charge in [-0.1, -0.05) is 30.3 Å². The van der Waals surface area contributed by atoms with Crippen molar-refractivity contribution in [3.63, 3.8) is 0 Å². The molecule has 21 heavy (non-hydrogen) atoms. The first-order valence-electron chi connectivity index (χ1n) is 7.57. The van der Waals surface area contributed by atoms with Crippen molar-refractivity contribution in [3.8, 4) is 5.95 Å². The summed E-state index contributed by atoms with van der Waals surface area (Å²) in [6.45, 7) is 4.35. The Morgan fingerprint density at radius 3 is 2.57 bits per heavy atom. The van der Waals surface area contributed by atoms with Crippen LogP contribution in [0, 0.1) is 0 Å². The van der Waals surface area contributed by atoms with E-state index >= 15 is 0 Å². The minimum Gasteiger partial charge on any atom is -0.539 e. The summed E-state index contributed by atoms with van der Waals surface area (Å²) in [5.74, 6) is -0.344. The summed E-state index contributed by atoms with van der Waals surface area (Å²) in [5, 5.41) is 18.2. The number of hydrogen-bond donors (Lipinski definition) is 0. The lowest BCUT2D eigenvalue weighted by Crippen LogP contribution is -2.69. The average Bonchev–Trinajstić information content (AvgIpc) is 2.82. The molecule has 0 amide bonds. The quantitative estimate of drug-likeness (QED) is 0.803. The molecule has 0 saturated carbocycles. The van der Waals surface area contributed by atoms with Crippen LogP contribution in [0.15, 0.2) is 34.9 Å². The number of hydrogen-bond acceptors (Lipinski definition) is 4. The number of nitrogens with zero attached hydrogens (tertiary/aromatic N) is 3. The van der Waals surface area contributed by atoms with Gasteiger partial charge in [-0.2, -0.15) is 0 Å². The first kappa shape index (κ1) is 13.9. The number of piperidine rings is 1. The summed E-state index contributed by atoms with van der Waals surface area (Å²) < 4.78 is 4.93. The second kappa shape index (κ2) is 5.76. The lowest BCUT2D eigenvalue weighted by atomic mass is 10.00. The highest BCUT2D eigenvalue weighted by atomic mass is 16.6. The molecule has 5 nitrogen and oxygen atoms in total. The Balaban J connectivity index is 1.93. The van der Waals surface area contributed by atoms with Gasteiger partial charge in [0, 0.05) is 4.79 Å². The molecule has 1 saturated heterocycles. The molecule has 1 aliphatic heterocycles. The van der Waals surface area contributed by atoms with E-state index in [1.54, 1.807) is 4.79 Å². The second-order valence-electron chi connectivity index (χ2n) is 5.87. The monoisotopic (exact) mass is 287 g/mol. The van der Waals surface area contributed by atoms with Gasteiger partial charge in [0.15, 0.2) is 5.95 Å². The van der Waals surface area contributed by atoms with Gasteiger partial charge in [0.2, 0.25) is 0 Å². The van der Waals surface area contributed by atoms with E-state index in [0.29, 0.717) is 24.2 Å². The highest BCUT2D eigenvalue weighted by Gasteiger charge is 2.35. The second-order valence-corrected chi connectivity index (χ2v) is 5.87. The first-order valence-corrected chi connectivity index (χ1v) is 7.57. The van der Waals surface area contributed by atoms with Gasteiger partial charge in [-0.15, -0.1) is 5.01 Å². The molecule has 3 rings (SSSR count). The molecule has 2 unspecified atom stereocenters. The molecule has 1 aliphatic rings. The van der Waals surface area contributed by atoms with Crippen LogP contribution in [0.4, 0.5) is 0 Å². The molecular formula is C16H21N3O2. The highest BCUT2D eigenvalue weighted by Crippen LogP contribution is 2.20. The summed E-state index contributed by atoms with van der Waals surface area (Å²) in [4.78, 5) is 1.70. The molecule has 1 fully saturated rings. The van der Waals surface area contributed by atoms with Gasteiger partial charge in [0.25, 0.3) is 5.69 Å². The van der Waals surface area contributed by atoms with E-state index in [9.17, 15) is 5.11 Å². The van der Waals surface area contributed by atoms with Crippen molar-refractivity contribution >= 4 is 0 Å². The summed E-state index contributed by atoms with van der Waals surface area (Å²) in [6, 6.07) is 10.7. The van der Waals surface area contributed by atoms with E-state index in [1.807, 2.05) is 30.3 Å². The van der Waals surface area contributed by atoms with Crippen molar-refractivity contribution < 1.29 is 14.4 Å². The molecule has 0 radical (unpaired) electrons. The maximum Gasteiger partial charge on any atom is 0.271 e. The Kier molecular flexibility index (Phi) is 3.82. The lowest BCUT2D eigenvalue weighted by Gasteiger charge is -2.32. The fourth-order valence-corrected chi connectivity index (χ4v) is 3.15. The molecule has 2 heterocycles. The number of benzene rings is 1. The summed E-state index contributed by atoms with van der Waals surface area (Å²) in [7, 11) is 0. The van der Waals surface area contributed by atoms with Crippen molar-refractivity contribution in [2.45, 2.75) is 51.6 Å². The van der Waals surface area contributed by atoms with Crippen LogP contribution in [0.2, 0.25) is 0 Å². The maximum atomic E-state index is 12.0.